The number of H-pyrrole nitrogens is 1. The molecule has 0 radical (unpaired) electrons. The highest BCUT2D eigenvalue weighted by atomic mass is 35.5. The zero-order chi connectivity index (χ0) is 42.8. The first kappa shape index (κ1) is 41.8. The second-order valence-electron chi connectivity index (χ2n) is 14.1. The van der Waals surface area contributed by atoms with Gasteiger partial charge in [0.1, 0.15) is 35.3 Å². The van der Waals surface area contributed by atoms with Gasteiger partial charge in [0.25, 0.3) is 11.5 Å². The molecule has 8 rings (SSSR count). The van der Waals surface area contributed by atoms with Gasteiger partial charge in [-0.1, -0.05) is 53.5 Å². The number of β-lactam (4-membered cyclic amide) rings is 1. The number of benzene rings is 3. The van der Waals surface area contributed by atoms with Gasteiger partial charge in [0.05, 0.1) is 28.9 Å². The number of aromatic amines is 1. The van der Waals surface area contributed by atoms with Crippen LogP contribution >= 0.6 is 46.3 Å². The number of piperazine rings is 1. The first-order valence-electron chi connectivity index (χ1n) is 18.8. The third-order valence-corrected chi connectivity index (χ3v) is 12.8. The number of thioether (sulfide) groups is 1. The van der Waals surface area contributed by atoms with Crippen LogP contribution in [0.15, 0.2) is 88.7 Å². The number of thiophene rings is 1. The third kappa shape index (κ3) is 9.08. The van der Waals surface area contributed by atoms with Crippen LogP contribution in [0.4, 0.5) is 9.59 Å². The van der Waals surface area contributed by atoms with Crippen LogP contribution in [0.3, 0.4) is 0 Å². The van der Waals surface area contributed by atoms with Crippen LogP contribution in [-0.2, 0) is 32.1 Å². The van der Waals surface area contributed by atoms with Crippen molar-refractivity contribution in [2.75, 3.05) is 31.9 Å². The van der Waals surface area contributed by atoms with Gasteiger partial charge in [-0.3, -0.25) is 19.3 Å². The number of alkyl carbamates (subject to hydrolysis) is 1. The third-order valence-electron chi connectivity index (χ3n) is 10.2. The Morgan fingerprint density at radius 3 is 2.56 bits per heavy atom. The molecule has 2 fully saturated rings. The minimum absolute atomic E-state index is 0.0363. The number of halogens is 2. The first-order valence-corrected chi connectivity index (χ1v) is 21.5. The largest absolute Gasteiger partial charge is 0.477 e. The van der Waals surface area contributed by atoms with Crippen LogP contribution in [-0.4, -0.2) is 104 Å². The fraction of sp³-hybridized carbons (Fsp3) is 0.244. The molecule has 20 heteroatoms. The summed E-state index contributed by atoms with van der Waals surface area (Å²) in [6, 6.07) is 18.5. The molecule has 2 saturated heterocycles. The smallest absolute Gasteiger partial charge is 0.415 e. The molecule has 0 aliphatic carbocycles. The molecule has 5 N–H and O–H groups in total. The van der Waals surface area contributed by atoms with Gasteiger partial charge in [0, 0.05) is 52.4 Å². The Hall–Kier alpha value is -5.92. The quantitative estimate of drug-likeness (QED) is 0.110. The van der Waals surface area contributed by atoms with Crippen molar-refractivity contribution < 1.29 is 38.6 Å². The SMILES string of the molecule is O=C(Cc1cccs1)NC1C(=O)N2C(C(=O)O)=C(c3ccc(COC(=O)NCC4CNCCN4C(=O)Oc4ccc(Cl)cc4-c4nc5ccc(Cl)cc5c(=O)[nH]4)cc3)CSC12. The average molecular weight is 905 g/mol. The van der Waals surface area contributed by atoms with Gasteiger partial charge in [-0.25, -0.2) is 19.4 Å². The maximum absolute atomic E-state index is 13.6. The Morgan fingerprint density at radius 1 is 1.00 bits per heavy atom. The van der Waals surface area contributed by atoms with Crippen molar-refractivity contribution in [2.45, 2.75) is 30.5 Å². The molecule has 3 aliphatic rings. The minimum atomic E-state index is -1.25. The summed E-state index contributed by atoms with van der Waals surface area (Å²) in [5, 5.41) is 21.1. The van der Waals surface area contributed by atoms with Crippen LogP contribution in [0.5, 0.6) is 5.75 Å². The lowest BCUT2D eigenvalue weighted by atomic mass is 9.98. The highest BCUT2D eigenvalue weighted by Gasteiger charge is 2.54. The topological polar surface area (TPSA) is 212 Å². The maximum Gasteiger partial charge on any atom is 0.415 e. The molecule has 16 nitrogen and oxygen atoms in total. The van der Waals surface area contributed by atoms with E-state index in [1.54, 1.807) is 42.5 Å². The minimum Gasteiger partial charge on any atom is -0.477 e. The van der Waals surface area contributed by atoms with Crippen molar-refractivity contribution in [3.8, 4) is 17.1 Å². The molecule has 3 unspecified atom stereocenters. The van der Waals surface area contributed by atoms with Gasteiger partial charge in [0.2, 0.25) is 5.91 Å². The number of aliphatic carboxylic acids is 1. The number of hydrogen-bond acceptors (Lipinski definition) is 12. The molecule has 61 heavy (non-hydrogen) atoms. The molecular weight excluding hydrogens is 870 g/mol. The second-order valence-corrected chi connectivity index (χ2v) is 17.1. The molecule has 0 spiro atoms. The number of rotatable bonds is 11. The van der Waals surface area contributed by atoms with Crippen LogP contribution in [0, 0.1) is 0 Å². The molecule has 0 bridgehead atoms. The Kier molecular flexibility index (Phi) is 12.3. The van der Waals surface area contributed by atoms with E-state index in [-0.39, 0.29) is 54.9 Å². The Morgan fingerprint density at radius 2 is 1.79 bits per heavy atom. The van der Waals surface area contributed by atoms with E-state index in [4.69, 9.17) is 32.7 Å². The van der Waals surface area contributed by atoms with Crippen LogP contribution in [0.25, 0.3) is 27.9 Å². The summed E-state index contributed by atoms with van der Waals surface area (Å²) in [6.07, 6.45) is -1.28. The molecule has 4 amide bonds. The lowest BCUT2D eigenvalue weighted by Gasteiger charge is -2.49. The normalized spacial score (nSPS) is 18.6. The Labute approximate surface area is 365 Å². The summed E-state index contributed by atoms with van der Waals surface area (Å²) in [6.45, 7) is 1.05. The van der Waals surface area contributed by atoms with Crippen molar-refractivity contribution in [3.63, 3.8) is 0 Å². The molecule has 3 atom stereocenters. The molecule has 3 aliphatic heterocycles. The van der Waals surface area contributed by atoms with Crippen LogP contribution in [0.2, 0.25) is 10.0 Å². The summed E-state index contributed by atoms with van der Waals surface area (Å²) in [5.41, 5.74) is 1.77. The maximum atomic E-state index is 13.6. The predicted molar refractivity (Wildman–Crippen MR) is 229 cm³/mol. The molecule has 5 aromatic rings. The van der Waals surface area contributed by atoms with Crippen molar-refractivity contribution in [1.82, 2.24) is 35.7 Å². The number of carbonyl (C=O) groups excluding carboxylic acids is 4. The van der Waals surface area contributed by atoms with E-state index in [9.17, 15) is 33.9 Å². The van der Waals surface area contributed by atoms with Gasteiger partial charge in [-0.15, -0.1) is 23.1 Å². The number of nitrogens with one attached hydrogen (secondary N) is 4. The summed E-state index contributed by atoms with van der Waals surface area (Å²) in [4.78, 5) is 88.3. The van der Waals surface area contributed by atoms with Crippen molar-refractivity contribution >= 4 is 92.7 Å². The van der Waals surface area contributed by atoms with Crippen molar-refractivity contribution in [1.29, 1.82) is 0 Å². The number of hydrogen-bond donors (Lipinski definition) is 5. The van der Waals surface area contributed by atoms with Gasteiger partial charge in [0.15, 0.2) is 0 Å². The zero-order valence-corrected chi connectivity index (χ0v) is 35.0. The van der Waals surface area contributed by atoms with E-state index in [0.717, 1.165) is 4.88 Å². The molecule has 0 saturated carbocycles. The number of nitrogens with zero attached hydrogens (tertiary/aromatic N) is 3. The van der Waals surface area contributed by atoms with E-state index in [0.29, 0.717) is 56.5 Å². The van der Waals surface area contributed by atoms with Crippen LogP contribution < -0.4 is 26.2 Å². The fourth-order valence-corrected chi connectivity index (χ4v) is 9.61. The average Bonchev–Trinajstić information content (AvgIpc) is 3.77. The first-order chi connectivity index (χ1) is 29.4. The van der Waals surface area contributed by atoms with E-state index in [2.05, 4.69) is 25.9 Å². The number of fused-ring (bicyclic) bond motifs is 2. The number of carboxylic acids is 1. The summed E-state index contributed by atoms with van der Waals surface area (Å²) >= 11 is 15.2. The predicted octanol–water partition coefficient (Wildman–Crippen LogP) is 5.10. The lowest BCUT2D eigenvalue weighted by molar-refractivity contribution is -0.150. The lowest BCUT2D eigenvalue weighted by Crippen LogP contribution is -2.70. The Bertz CT molecular complexity index is 2640. The number of amides is 4. The second kappa shape index (κ2) is 18.0. The van der Waals surface area contributed by atoms with E-state index < -0.39 is 47.1 Å². The van der Waals surface area contributed by atoms with E-state index >= 15 is 0 Å². The van der Waals surface area contributed by atoms with Gasteiger partial charge in [-0.2, -0.15) is 0 Å². The number of carboxylic acid groups (broad SMARTS) is 1. The highest BCUT2D eigenvalue weighted by Crippen LogP contribution is 2.43. The van der Waals surface area contributed by atoms with Crippen LogP contribution in [0.1, 0.15) is 16.0 Å². The summed E-state index contributed by atoms with van der Waals surface area (Å²) in [5.74, 6) is -1.50. The monoisotopic (exact) mass is 903 g/mol. The Balaban J connectivity index is 0.861. The van der Waals surface area contributed by atoms with Gasteiger partial charge >= 0.3 is 18.2 Å². The van der Waals surface area contributed by atoms with Gasteiger partial charge < -0.3 is 40.4 Å². The summed E-state index contributed by atoms with van der Waals surface area (Å²) < 4.78 is 11.3. The zero-order valence-electron chi connectivity index (χ0n) is 31.8. The number of ether oxygens (including phenoxy) is 2. The fourth-order valence-electron chi connectivity index (χ4n) is 7.19. The number of carbonyl (C=O) groups is 5. The van der Waals surface area contributed by atoms with Crippen molar-refractivity contribution in [2.24, 2.45) is 0 Å². The molecule has 3 aromatic carbocycles. The van der Waals surface area contributed by atoms with Crippen molar-refractivity contribution in [3.05, 3.63) is 120 Å². The van der Waals surface area contributed by atoms with E-state index in [1.807, 2.05) is 17.5 Å². The molecule has 5 heterocycles. The molecule has 2 aromatic heterocycles. The molecule has 314 valence electrons. The standard InChI is InChI=1S/C41H35Cl2N7O9S2/c42-23-7-9-30-27(14-23)36(52)48-35(46-30)28-15-24(43)8-10-31(28)59-41(57)49-12-11-44-17-25(49)18-45-40(56)58-19-21-3-5-22(6-4-21)29-20-61-38-33(37(53)50(38)34(29)39(54)55)47-32(51)16-26-2-1-13-60-26/h1-10,13-15,25,33,38,44H,11-12,16-20H2,(H,45,56)(H,47,51)(H,54,55)(H,46,48,52). The highest BCUT2D eigenvalue weighted by molar-refractivity contribution is 8.00. The molecular formula is C41H35Cl2N7O9S2. The number of aromatic nitrogens is 2. The summed E-state index contributed by atoms with van der Waals surface area (Å²) in [7, 11) is 0. The van der Waals surface area contributed by atoms with Gasteiger partial charge in [-0.05, 0) is 59.0 Å². The van der Waals surface area contributed by atoms with E-state index in [1.165, 1.54) is 51.1 Å².